The number of fused-ring (bicyclic) bond motifs is 2. The molecule has 0 aliphatic carbocycles. The molecule has 0 bridgehead atoms. The summed E-state index contributed by atoms with van der Waals surface area (Å²) in [5, 5.41) is 10.9. The number of aromatic nitrogens is 2. The van der Waals surface area contributed by atoms with Crippen LogP contribution in [0.25, 0.3) is 0 Å². The van der Waals surface area contributed by atoms with Crippen molar-refractivity contribution in [3.05, 3.63) is 45.6 Å². The van der Waals surface area contributed by atoms with Gasteiger partial charge in [-0.05, 0) is 55.4 Å². The summed E-state index contributed by atoms with van der Waals surface area (Å²) in [7, 11) is 0. The summed E-state index contributed by atoms with van der Waals surface area (Å²) in [6, 6.07) is 6.12. The van der Waals surface area contributed by atoms with Gasteiger partial charge < -0.3 is 29.2 Å². The van der Waals surface area contributed by atoms with Gasteiger partial charge in [-0.25, -0.2) is 4.79 Å². The molecule has 4 rings (SSSR count). The lowest BCUT2D eigenvalue weighted by Crippen LogP contribution is -2.39. The van der Waals surface area contributed by atoms with Crippen molar-refractivity contribution < 1.29 is 23.9 Å². The predicted molar refractivity (Wildman–Crippen MR) is 110 cm³/mol. The first-order valence-electron chi connectivity index (χ1n) is 10.3. The molecule has 3 heterocycles. The lowest BCUT2D eigenvalue weighted by molar-refractivity contribution is -0.389. The molecule has 0 fully saturated rings. The van der Waals surface area contributed by atoms with E-state index in [0.29, 0.717) is 38.4 Å². The fraction of sp³-hybridized carbons (Fsp3) is 0.524. The van der Waals surface area contributed by atoms with E-state index < -0.39 is 10.5 Å². The average molecular weight is 430 g/mol. The number of ether oxygens (including phenoxy) is 3. The number of hydrogen-bond acceptors (Lipinski definition) is 7. The molecule has 1 atom stereocenters. The highest BCUT2D eigenvalue weighted by Crippen LogP contribution is 2.27. The van der Waals surface area contributed by atoms with Gasteiger partial charge in [0.15, 0.2) is 0 Å². The van der Waals surface area contributed by atoms with Gasteiger partial charge in [0, 0.05) is 31.0 Å². The molecular formula is C21H26N4O6. The van der Waals surface area contributed by atoms with Gasteiger partial charge in [-0.2, -0.15) is 0 Å². The van der Waals surface area contributed by atoms with E-state index in [1.54, 1.807) is 9.47 Å². The molecule has 2 aliphatic rings. The van der Waals surface area contributed by atoms with Crippen LogP contribution in [-0.2, 0) is 24.2 Å². The van der Waals surface area contributed by atoms with Crippen LogP contribution in [0.2, 0.25) is 0 Å². The molecule has 2 aromatic rings. The third-order valence-electron chi connectivity index (χ3n) is 5.16. The maximum absolute atomic E-state index is 12.4. The molecule has 10 heteroatoms. The average Bonchev–Trinajstić information content (AvgIpc) is 3.14. The van der Waals surface area contributed by atoms with Crippen molar-refractivity contribution in [2.24, 2.45) is 0 Å². The first kappa shape index (κ1) is 21.0. The summed E-state index contributed by atoms with van der Waals surface area (Å²) in [5.41, 5.74) is 1.69. The van der Waals surface area contributed by atoms with Crippen molar-refractivity contribution in [2.75, 3.05) is 13.2 Å². The van der Waals surface area contributed by atoms with E-state index in [9.17, 15) is 14.9 Å². The summed E-state index contributed by atoms with van der Waals surface area (Å²) in [4.78, 5) is 28.3. The zero-order chi connectivity index (χ0) is 22.2. The van der Waals surface area contributed by atoms with E-state index in [1.807, 2.05) is 39.0 Å². The van der Waals surface area contributed by atoms with Crippen molar-refractivity contribution in [3.8, 4) is 11.8 Å². The normalized spacial score (nSPS) is 17.9. The third kappa shape index (κ3) is 4.89. The number of benzene rings is 1. The Kier molecular flexibility index (Phi) is 5.47. The second-order valence-electron chi connectivity index (χ2n) is 8.75. The fourth-order valence-corrected chi connectivity index (χ4v) is 3.63. The van der Waals surface area contributed by atoms with Gasteiger partial charge in [-0.15, -0.1) is 0 Å². The van der Waals surface area contributed by atoms with Crippen LogP contribution in [0.15, 0.2) is 24.4 Å². The number of imidazole rings is 1. The molecule has 1 aromatic carbocycles. The summed E-state index contributed by atoms with van der Waals surface area (Å²) >= 11 is 0. The molecule has 0 N–H and O–H groups in total. The van der Waals surface area contributed by atoms with E-state index in [2.05, 4.69) is 4.98 Å². The summed E-state index contributed by atoms with van der Waals surface area (Å²) in [6.07, 6.45) is 2.25. The molecule has 0 radical (unpaired) electrons. The van der Waals surface area contributed by atoms with Gasteiger partial charge >= 0.3 is 17.9 Å². The highest BCUT2D eigenvalue weighted by atomic mass is 16.6. The van der Waals surface area contributed by atoms with Crippen LogP contribution in [0.1, 0.15) is 38.3 Å². The summed E-state index contributed by atoms with van der Waals surface area (Å²) in [6.45, 7) is 7.54. The minimum Gasteiger partial charge on any atom is -0.490 e. The van der Waals surface area contributed by atoms with Crippen LogP contribution < -0.4 is 9.47 Å². The minimum atomic E-state index is -0.534. The van der Waals surface area contributed by atoms with Gasteiger partial charge in [-0.3, -0.25) is 4.57 Å². The first-order chi connectivity index (χ1) is 14.7. The number of hydrogen-bond donors (Lipinski definition) is 0. The molecular weight excluding hydrogens is 404 g/mol. The molecule has 1 amide bonds. The molecule has 1 aromatic heterocycles. The quantitative estimate of drug-likeness (QED) is 0.541. The zero-order valence-corrected chi connectivity index (χ0v) is 17.9. The van der Waals surface area contributed by atoms with E-state index in [-0.39, 0.29) is 24.0 Å². The van der Waals surface area contributed by atoms with E-state index in [1.165, 1.54) is 11.8 Å². The van der Waals surface area contributed by atoms with Crippen molar-refractivity contribution in [2.45, 2.75) is 58.4 Å². The largest absolute Gasteiger partial charge is 0.490 e. The Hall–Kier alpha value is -3.30. The van der Waals surface area contributed by atoms with Crippen LogP contribution in [0, 0.1) is 10.1 Å². The van der Waals surface area contributed by atoms with Gasteiger partial charge in [0.2, 0.25) is 0 Å². The predicted octanol–water partition coefficient (Wildman–Crippen LogP) is 3.31. The van der Waals surface area contributed by atoms with Crippen LogP contribution in [0.5, 0.6) is 11.8 Å². The number of carbonyl (C=O) groups is 1. The summed E-state index contributed by atoms with van der Waals surface area (Å²) in [5.74, 6) is 0.467. The van der Waals surface area contributed by atoms with Gasteiger partial charge in [0.25, 0.3) is 0 Å². The Labute approximate surface area is 179 Å². The number of nitrogens with zero attached hydrogens (tertiary/aromatic N) is 4. The Morgan fingerprint density at radius 1 is 1.32 bits per heavy atom. The topological polar surface area (TPSA) is 109 Å². The van der Waals surface area contributed by atoms with Gasteiger partial charge in [0.05, 0.1) is 0 Å². The lowest BCUT2D eigenvalue weighted by atomic mass is 10.00. The molecule has 0 saturated heterocycles. The SMILES string of the molecule is CC(C)(C)OC(=O)N1CCc2ccc(OC[C@@H]3CCn4cc([N+](=O)[O-])nc4O3)cc2C1. The smallest absolute Gasteiger partial charge is 0.414 e. The highest BCUT2D eigenvalue weighted by molar-refractivity contribution is 5.68. The monoisotopic (exact) mass is 430 g/mol. The van der Waals surface area contributed by atoms with Crippen molar-refractivity contribution >= 4 is 11.9 Å². The highest BCUT2D eigenvalue weighted by Gasteiger charge is 2.29. The fourth-order valence-electron chi connectivity index (χ4n) is 3.63. The molecule has 10 nitrogen and oxygen atoms in total. The second-order valence-corrected chi connectivity index (χ2v) is 8.75. The second kappa shape index (κ2) is 8.09. The Morgan fingerprint density at radius 3 is 2.87 bits per heavy atom. The molecule has 0 spiro atoms. The third-order valence-corrected chi connectivity index (χ3v) is 5.16. The maximum atomic E-state index is 12.4. The number of carbonyl (C=O) groups excluding carboxylic acids is 1. The molecule has 166 valence electrons. The van der Waals surface area contributed by atoms with Crippen LogP contribution in [-0.4, -0.2) is 50.3 Å². The number of rotatable bonds is 4. The molecule has 31 heavy (non-hydrogen) atoms. The van der Waals surface area contributed by atoms with Crippen LogP contribution >= 0.6 is 0 Å². The maximum Gasteiger partial charge on any atom is 0.414 e. The van der Waals surface area contributed by atoms with Crippen molar-refractivity contribution in [3.63, 3.8) is 0 Å². The van der Waals surface area contributed by atoms with Gasteiger partial charge in [-0.1, -0.05) is 6.07 Å². The lowest BCUT2D eigenvalue weighted by Gasteiger charge is -2.31. The number of aryl methyl sites for hydroxylation is 1. The molecule has 2 aliphatic heterocycles. The van der Waals surface area contributed by atoms with E-state index in [0.717, 1.165) is 12.0 Å². The Bertz CT molecular complexity index is 996. The zero-order valence-electron chi connectivity index (χ0n) is 17.9. The molecule has 0 unspecified atom stereocenters. The number of amides is 1. The Morgan fingerprint density at radius 2 is 2.13 bits per heavy atom. The summed E-state index contributed by atoms with van der Waals surface area (Å²) < 4.78 is 18.8. The Balaban J connectivity index is 1.36. The van der Waals surface area contributed by atoms with Crippen LogP contribution in [0.3, 0.4) is 0 Å². The standard InChI is InChI=1S/C21H26N4O6/c1-21(2,3)31-20(26)24-8-6-14-4-5-16(10-15(14)11-24)29-13-17-7-9-23-12-18(25(27)28)22-19(23)30-17/h4-5,10,12,17H,6-9,11,13H2,1-3H3/t17-/m0/s1. The van der Waals surface area contributed by atoms with E-state index >= 15 is 0 Å². The van der Waals surface area contributed by atoms with Crippen LogP contribution in [0.4, 0.5) is 10.6 Å². The minimum absolute atomic E-state index is 0.221. The van der Waals surface area contributed by atoms with Crippen molar-refractivity contribution in [1.29, 1.82) is 0 Å². The first-order valence-corrected chi connectivity index (χ1v) is 10.3. The van der Waals surface area contributed by atoms with Gasteiger partial charge in [0.1, 0.15) is 30.3 Å². The molecule has 0 saturated carbocycles. The number of nitro groups is 1. The van der Waals surface area contributed by atoms with E-state index in [4.69, 9.17) is 14.2 Å². The van der Waals surface area contributed by atoms with Crippen molar-refractivity contribution in [1.82, 2.24) is 14.5 Å².